The van der Waals surface area contributed by atoms with E-state index in [4.69, 9.17) is 5.11 Å². The van der Waals surface area contributed by atoms with Crippen LogP contribution < -0.4 is 0 Å². The first-order valence-electron chi connectivity index (χ1n) is 6.70. The van der Waals surface area contributed by atoms with E-state index < -0.39 is 22.9 Å². The first-order valence-corrected chi connectivity index (χ1v) is 6.70. The number of benzene rings is 1. The van der Waals surface area contributed by atoms with Crippen molar-refractivity contribution in [2.45, 2.75) is 25.8 Å². The maximum absolute atomic E-state index is 12.5. The Morgan fingerprint density at radius 2 is 2.14 bits per heavy atom. The molecule has 1 aliphatic rings. The molecule has 7 heteroatoms. The highest BCUT2D eigenvalue weighted by atomic mass is 16.6. The van der Waals surface area contributed by atoms with Crippen LogP contribution in [0.4, 0.5) is 5.69 Å². The molecule has 0 saturated carbocycles. The highest BCUT2D eigenvalue weighted by Gasteiger charge is 2.35. The smallest absolute Gasteiger partial charge is 0.308 e. The summed E-state index contributed by atoms with van der Waals surface area (Å²) in [6.07, 6.45) is 1.15. The van der Waals surface area contributed by atoms with E-state index in [-0.39, 0.29) is 17.2 Å². The van der Waals surface area contributed by atoms with Crippen molar-refractivity contribution in [3.8, 4) is 0 Å². The molecule has 1 aromatic carbocycles. The Labute approximate surface area is 121 Å². The van der Waals surface area contributed by atoms with E-state index in [0.29, 0.717) is 19.4 Å². The fourth-order valence-electron chi connectivity index (χ4n) is 2.68. The summed E-state index contributed by atoms with van der Waals surface area (Å²) < 4.78 is 0. The van der Waals surface area contributed by atoms with E-state index in [2.05, 4.69) is 0 Å². The van der Waals surface area contributed by atoms with Crippen molar-refractivity contribution in [1.29, 1.82) is 0 Å². The predicted molar refractivity (Wildman–Crippen MR) is 74.0 cm³/mol. The number of nitro groups is 1. The zero-order valence-electron chi connectivity index (χ0n) is 11.6. The standard InChI is InChI=1S/C14H16N2O5/c1-9-12(14(18)19)6-3-7-15(9)13(17)10-4-2-5-11(8-10)16(20)21/h2,4-5,8-9,12H,3,6-7H2,1H3,(H,18,19)/t9-,12-/m1/s1. The van der Waals surface area contributed by atoms with E-state index in [0.717, 1.165) is 0 Å². The molecule has 2 atom stereocenters. The number of rotatable bonds is 3. The summed E-state index contributed by atoms with van der Waals surface area (Å²) in [5.41, 5.74) is 0.0578. The molecule has 0 aliphatic carbocycles. The molecule has 1 amide bonds. The van der Waals surface area contributed by atoms with Gasteiger partial charge in [0.25, 0.3) is 11.6 Å². The molecule has 7 nitrogen and oxygen atoms in total. The van der Waals surface area contributed by atoms with Crippen molar-refractivity contribution in [1.82, 2.24) is 4.90 Å². The lowest BCUT2D eigenvalue weighted by atomic mass is 9.90. The Morgan fingerprint density at radius 3 is 2.76 bits per heavy atom. The minimum absolute atomic E-state index is 0.153. The molecular formula is C14H16N2O5. The van der Waals surface area contributed by atoms with Crippen LogP contribution in [0.3, 0.4) is 0 Å². The lowest BCUT2D eigenvalue weighted by Crippen LogP contribution is -2.49. The van der Waals surface area contributed by atoms with Gasteiger partial charge in [-0.25, -0.2) is 0 Å². The Morgan fingerprint density at radius 1 is 1.43 bits per heavy atom. The molecule has 1 saturated heterocycles. The van der Waals surface area contributed by atoms with Gasteiger partial charge in [-0.15, -0.1) is 0 Å². The van der Waals surface area contributed by atoms with Crippen molar-refractivity contribution in [2.24, 2.45) is 5.92 Å². The second-order valence-corrected chi connectivity index (χ2v) is 5.13. The number of hydrogen-bond donors (Lipinski definition) is 1. The van der Waals surface area contributed by atoms with E-state index in [1.165, 1.54) is 29.2 Å². The third-order valence-corrected chi connectivity index (χ3v) is 3.87. The van der Waals surface area contributed by atoms with Crippen LogP contribution in [0.25, 0.3) is 0 Å². The fraction of sp³-hybridized carbons (Fsp3) is 0.429. The Balaban J connectivity index is 2.24. The number of carbonyl (C=O) groups is 2. The Kier molecular flexibility index (Phi) is 4.21. The first kappa shape index (κ1) is 15.0. The summed E-state index contributed by atoms with van der Waals surface area (Å²) in [4.78, 5) is 35.3. The van der Waals surface area contributed by atoms with Gasteiger partial charge in [0, 0.05) is 30.3 Å². The number of carboxylic acids is 1. The monoisotopic (exact) mass is 292 g/mol. The highest BCUT2D eigenvalue weighted by molar-refractivity contribution is 5.95. The fourth-order valence-corrected chi connectivity index (χ4v) is 2.68. The van der Waals surface area contributed by atoms with Gasteiger partial charge >= 0.3 is 5.97 Å². The van der Waals surface area contributed by atoms with Gasteiger partial charge in [0.1, 0.15) is 0 Å². The minimum Gasteiger partial charge on any atom is -0.481 e. The van der Waals surface area contributed by atoms with E-state index in [9.17, 15) is 19.7 Å². The van der Waals surface area contributed by atoms with Gasteiger partial charge in [0.15, 0.2) is 0 Å². The normalized spacial score (nSPS) is 21.9. The van der Waals surface area contributed by atoms with Gasteiger partial charge in [0.2, 0.25) is 0 Å². The lowest BCUT2D eigenvalue weighted by molar-refractivity contribution is -0.384. The molecule has 1 heterocycles. The van der Waals surface area contributed by atoms with Gasteiger partial charge in [-0.3, -0.25) is 19.7 Å². The van der Waals surface area contributed by atoms with Crippen LogP contribution in [0.2, 0.25) is 0 Å². The van der Waals surface area contributed by atoms with Gasteiger partial charge in [-0.05, 0) is 25.8 Å². The minimum atomic E-state index is -0.918. The van der Waals surface area contributed by atoms with Crippen molar-refractivity contribution >= 4 is 17.6 Å². The number of carbonyl (C=O) groups excluding carboxylic acids is 1. The number of nitro benzene ring substituents is 1. The summed E-state index contributed by atoms with van der Waals surface area (Å²) in [6, 6.07) is 5.07. The molecule has 0 aromatic heterocycles. The molecule has 112 valence electrons. The molecule has 0 spiro atoms. The van der Waals surface area contributed by atoms with Gasteiger partial charge in [0.05, 0.1) is 10.8 Å². The van der Waals surface area contributed by atoms with Crippen LogP contribution in [0.1, 0.15) is 30.1 Å². The summed E-state index contributed by atoms with van der Waals surface area (Å²) in [6.45, 7) is 2.17. The summed E-state index contributed by atoms with van der Waals surface area (Å²) >= 11 is 0. The third-order valence-electron chi connectivity index (χ3n) is 3.87. The molecule has 1 fully saturated rings. The predicted octanol–water partition coefficient (Wildman–Crippen LogP) is 1.92. The first-order chi connectivity index (χ1) is 9.91. The van der Waals surface area contributed by atoms with Gasteiger partial charge in [-0.1, -0.05) is 6.07 Å². The summed E-state index contributed by atoms with van der Waals surface area (Å²) in [5.74, 6) is -1.88. The number of hydrogen-bond acceptors (Lipinski definition) is 4. The molecule has 1 aliphatic heterocycles. The van der Waals surface area contributed by atoms with Crippen molar-refractivity contribution in [3.05, 3.63) is 39.9 Å². The highest BCUT2D eigenvalue weighted by Crippen LogP contribution is 2.26. The molecule has 21 heavy (non-hydrogen) atoms. The van der Waals surface area contributed by atoms with Crippen LogP contribution in [0, 0.1) is 16.0 Å². The number of non-ortho nitro benzene ring substituents is 1. The second-order valence-electron chi connectivity index (χ2n) is 5.13. The van der Waals surface area contributed by atoms with Crippen molar-refractivity contribution < 1.29 is 19.6 Å². The van der Waals surface area contributed by atoms with Crippen LogP contribution in [0.5, 0.6) is 0 Å². The summed E-state index contributed by atoms with van der Waals surface area (Å²) in [5, 5.41) is 19.9. The quantitative estimate of drug-likeness (QED) is 0.677. The van der Waals surface area contributed by atoms with Crippen LogP contribution in [-0.4, -0.2) is 39.4 Å². The van der Waals surface area contributed by atoms with Crippen LogP contribution >= 0.6 is 0 Å². The Bertz CT molecular complexity index is 586. The third kappa shape index (κ3) is 3.01. The molecule has 0 bridgehead atoms. The van der Waals surface area contributed by atoms with E-state index >= 15 is 0 Å². The van der Waals surface area contributed by atoms with Crippen molar-refractivity contribution in [2.75, 3.05) is 6.54 Å². The van der Waals surface area contributed by atoms with Crippen LogP contribution in [-0.2, 0) is 4.79 Å². The molecular weight excluding hydrogens is 276 g/mol. The zero-order chi connectivity index (χ0) is 15.6. The van der Waals surface area contributed by atoms with E-state index in [1.54, 1.807) is 6.92 Å². The van der Waals surface area contributed by atoms with Gasteiger partial charge < -0.3 is 10.0 Å². The van der Waals surface area contributed by atoms with E-state index in [1.807, 2.05) is 0 Å². The number of amides is 1. The average Bonchev–Trinajstić information content (AvgIpc) is 2.46. The maximum atomic E-state index is 12.5. The average molecular weight is 292 g/mol. The topological polar surface area (TPSA) is 101 Å². The van der Waals surface area contributed by atoms with Crippen LogP contribution in [0.15, 0.2) is 24.3 Å². The molecule has 0 unspecified atom stereocenters. The maximum Gasteiger partial charge on any atom is 0.308 e. The SMILES string of the molecule is C[C@@H]1[C@H](C(=O)O)CCCN1C(=O)c1cccc([N+](=O)[O-])c1. The zero-order valence-corrected chi connectivity index (χ0v) is 11.6. The molecule has 0 radical (unpaired) electrons. The molecule has 2 rings (SSSR count). The number of carboxylic acid groups (broad SMARTS) is 1. The second kappa shape index (κ2) is 5.90. The van der Waals surface area contributed by atoms with Gasteiger partial charge in [-0.2, -0.15) is 0 Å². The Hall–Kier alpha value is -2.44. The summed E-state index contributed by atoms with van der Waals surface area (Å²) in [7, 11) is 0. The molecule has 1 N–H and O–H groups in total. The number of likely N-dealkylation sites (tertiary alicyclic amines) is 1. The van der Waals surface area contributed by atoms with Crippen molar-refractivity contribution in [3.63, 3.8) is 0 Å². The largest absolute Gasteiger partial charge is 0.481 e. The number of nitrogens with zero attached hydrogens (tertiary/aromatic N) is 2. The number of aliphatic carboxylic acids is 1. The molecule has 1 aromatic rings. The lowest BCUT2D eigenvalue weighted by Gasteiger charge is -2.37. The number of piperidine rings is 1.